The Bertz CT molecular complexity index is 1320. The SMILES string of the molecule is CCc1ccc(C(=O)C(=O)c2ccc(Oc3ccc(C(=O)C(=O)c4ccc(CC)cc4)cc3)cc2)cc1. The summed E-state index contributed by atoms with van der Waals surface area (Å²) in [6.07, 6.45) is 1.71. The van der Waals surface area contributed by atoms with Crippen LogP contribution in [0, 0.1) is 0 Å². The van der Waals surface area contributed by atoms with Crippen LogP contribution in [0.3, 0.4) is 0 Å². The number of rotatable bonds is 10. The van der Waals surface area contributed by atoms with Crippen molar-refractivity contribution in [3.05, 3.63) is 130 Å². The monoisotopic (exact) mass is 490 g/mol. The highest BCUT2D eigenvalue weighted by atomic mass is 16.5. The van der Waals surface area contributed by atoms with Gasteiger partial charge in [-0.1, -0.05) is 62.4 Å². The van der Waals surface area contributed by atoms with E-state index in [-0.39, 0.29) is 11.1 Å². The van der Waals surface area contributed by atoms with Crippen LogP contribution >= 0.6 is 0 Å². The molecule has 0 amide bonds. The van der Waals surface area contributed by atoms with Crippen LogP contribution in [0.4, 0.5) is 0 Å². The molecule has 0 radical (unpaired) electrons. The fourth-order valence-corrected chi connectivity index (χ4v) is 3.79. The number of carbonyl (C=O) groups is 4. The topological polar surface area (TPSA) is 77.5 Å². The molecule has 0 aromatic heterocycles. The summed E-state index contributed by atoms with van der Waals surface area (Å²) in [5.41, 5.74) is 3.43. The lowest BCUT2D eigenvalue weighted by molar-refractivity contribution is 0.0817. The summed E-state index contributed by atoms with van der Waals surface area (Å²) in [7, 11) is 0. The van der Waals surface area contributed by atoms with Crippen LogP contribution in [0.25, 0.3) is 0 Å². The second-order valence-electron chi connectivity index (χ2n) is 8.57. The Hall–Kier alpha value is -4.64. The van der Waals surface area contributed by atoms with E-state index in [9.17, 15) is 19.2 Å². The van der Waals surface area contributed by atoms with Crippen LogP contribution in [-0.2, 0) is 12.8 Å². The van der Waals surface area contributed by atoms with Gasteiger partial charge in [0.25, 0.3) is 0 Å². The minimum atomic E-state index is -0.590. The third-order valence-corrected chi connectivity index (χ3v) is 6.13. The van der Waals surface area contributed by atoms with Crippen molar-refractivity contribution in [2.24, 2.45) is 0 Å². The molecule has 0 atom stereocenters. The zero-order valence-electron chi connectivity index (χ0n) is 20.7. The normalized spacial score (nSPS) is 10.5. The van der Waals surface area contributed by atoms with Gasteiger partial charge >= 0.3 is 0 Å². The Morgan fingerprint density at radius 2 is 0.676 bits per heavy atom. The summed E-state index contributed by atoms with van der Waals surface area (Å²) >= 11 is 0. The van der Waals surface area contributed by atoms with Crippen molar-refractivity contribution in [2.75, 3.05) is 0 Å². The Kier molecular flexibility index (Phi) is 7.84. The van der Waals surface area contributed by atoms with Gasteiger partial charge in [0.2, 0.25) is 23.1 Å². The van der Waals surface area contributed by atoms with E-state index < -0.39 is 23.1 Å². The number of aryl methyl sites for hydroxylation is 2. The minimum Gasteiger partial charge on any atom is -0.457 e. The minimum absolute atomic E-state index is 0.267. The number of hydrogen-bond acceptors (Lipinski definition) is 5. The summed E-state index contributed by atoms with van der Waals surface area (Å²) in [6, 6.07) is 26.6. The molecule has 0 unspecified atom stereocenters. The summed E-state index contributed by atoms with van der Waals surface area (Å²) in [5.74, 6) is -1.38. The van der Waals surface area contributed by atoms with Gasteiger partial charge in [0, 0.05) is 22.3 Å². The molecule has 0 aliphatic heterocycles. The summed E-state index contributed by atoms with van der Waals surface area (Å²) in [6.45, 7) is 4.04. The highest BCUT2D eigenvalue weighted by Gasteiger charge is 2.19. The molecular weight excluding hydrogens is 464 g/mol. The molecule has 0 spiro atoms. The molecule has 4 aromatic carbocycles. The van der Waals surface area contributed by atoms with Crippen molar-refractivity contribution in [3.8, 4) is 11.5 Å². The first-order chi connectivity index (χ1) is 17.9. The Morgan fingerprint density at radius 3 is 0.919 bits per heavy atom. The van der Waals surface area contributed by atoms with Crippen LogP contribution in [0.1, 0.15) is 66.4 Å². The van der Waals surface area contributed by atoms with E-state index in [0.717, 1.165) is 24.0 Å². The first-order valence-corrected chi connectivity index (χ1v) is 12.1. The lowest BCUT2D eigenvalue weighted by Crippen LogP contribution is -2.14. The second-order valence-corrected chi connectivity index (χ2v) is 8.57. The van der Waals surface area contributed by atoms with Crippen LogP contribution in [0.15, 0.2) is 97.1 Å². The van der Waals surface area contributed by atoms with E-state index in [0.29, 0.717) is 22.6 Å². The molecule has 0 aliphatic rings. The van der Waals surface area contributed by atoms with Crippen molar-refractivity contribution in [3.63, 3.8) is 0 Å². The van der Waals surface area contributed by atoms with Gasteiger partial charge in [-0.05, 0) is 72.5 Å². The molecule has 4 rings (SSSR count). The van der Waals surface area contributed by atoms with Crippen LogP contribution < -0.4 is 4.74 Å². The van der Waals surface area contributed by atoms with Gasteiger partial charge in [-0.3, -0.25) is 19.2 Å². The maximum atomic E-state index is 12.6. The maximum Gasteiger partial charge on any atom is 0.233 e. The standard InChI is InChI=1S/C32H26O5/c1-3-21-5-9-23(10-6-21)29(33)31(35)25-13-17-27(18-14-25)37-28-19-15-26(16-20-28)32(36)30(34)24-11-7-22(4-2)8-12-24/h5-20H,3-4H2,1-2H3. The van der Waals surface area contributed by atoms with Crippen molar-refractivity contribution in [1.82, 2.24) is 0 Å². The van der Waals surface area contributed by atoms with Crippen LogP contribution in [0.2, 0.25) is 0 Å². The third kappa shape index (κ3) is 5.96. The molecule has 184 valence electrons. The van der Waals surface area contributed by atoms with Gasteiger partial charge in [0.15, 0.2) is 0 Å². The van der Waals surface area contributed by atoms with Crippen molar-refractivity contribution in [2.45, 2.75) is 26.7 Å². The summed E-state index contributed by atoms with van der Waals surface area (Å²) in [5, 5.41) is 0. The largest absolute Gasteiger partial charge is 0.457 e. The molecule has 4 aromatic rings. The molecule has 0 fully saturated rings. The fourth-order valence-electron chi connectivity index (χ4n) is 3.79. The van der Waals surface area contributed by atoms with Gasteiger partial charge < -0.3 is 4.74 Å². The second kappa shape index (κ2) is 11.4. The first-order valence-electron chi connectivity index (χ1n) is 12.1. The average Bonchev–Trinajstić information content (AvgIpc) is 2.96. The molecule has 5 heteroatoms. The fraction of sp³-hybridized carbons (Fsp3) is 0.125. The zero-order valence-corrected chi connectivity index (χ0v) is 20.7. The van der Waals surface area contributed by atoms with E-state index in [2.05, 4.69) is 0 Å². The van der Waals surface area contributed by atoms with Crippen molar-refractivity contribution >= 4 is 23.1 Å². The van der Waals surface area contributed by atoms with Gasteiger partial charge in [-0.25, -0.2) is 0 Å². The molecule has 0 aliphatic carbocycles. The Labute approximate surface area is 215 Å². The number of ether oxygens (including phenoxy) is 1. The van der Waals surface area contributed by atoms with E-state index in [1.807, 2.05) is 38.1 Å². The van der Waals surface area contributed by atoms with E-state index in [4.69, 9.17) is 4.74 Å². The summed E-state index contributed by atoms with van der Waals surface area (Å²) in [4.78, 5) is 50.3. The number of hydrogen-bond donors (Lipinski definition) is 0. The van der Waals surface area contributed by atoms with Crippen molar-refractivity contribution in [1.29, 1.82) is 0 Å². The predicted octanol–water partition coefficient (Wildman–Crippen LogP) is 6.73. The van der Waals surface area contributed by atoms with E-state index >= 15 is 0 Å². The Balaban J connectivity index is 1.39. The Morgan fingerprint density at radius 1 is 0.432 bits per heavy atom. The highest BCUT2D eigenvalue weighted by molar-refractivity contribution is 6.49. The molecule has 0 heterocycles. The van der Waals surface area contributed by atoms with E-state index in [1.54, 1.807) is 48.5 Å². The van der Waals surface area contributed by atoms with E-state index in [1.165, 1.54) is 24.3 Å². The van der Waals surface area contributed by atoms with Crippen molar-refractivity contribution < 1.29 is 23.9 Å². The first kappa shape index (κ1) is 25.5. The van der Waals surface area contributed by atoms with Crippen LogP contribution in [-0.4, -0.2) is 23.1 Å². The maximum absolute atomic E-state index is 12.6. The molecule has 0 N–H and O–H groups in total. The third-order valence-electron chi connectivity index (χ3n) is 6.13. The molecule has 0 bridgehead atoms. The number of benzene rings is 4. The van der Waals surface area contributed by atoms with Gasteiger partial charge in [-0.2, -0.15) is 0 Å². The van der Waals surface area contributed by atoms with Crippen LogP contribution in [0.5, 0.6) is 11.5 Å². The van der Waals surface area contributed by atoms with Gasteiger partial charge in [0.1, 0.15) is 11.5 Å². The van der Waals surface area contributed by atoms with Gasteiger partial charge in [-0.15, -0.1) is 0 Å². The predicted molar refractivity (Wildman–Crippen MR) is 142 cm³/mol. The zero-order chi connectivity index (χ0) is 26.4. The lowest BCUT2D eigenvalue weighted by Gasteiger charge is -2.08. The quantitative estimate of drug-likeness (QED) is 0.182. The lowest BCUT2D eigenvalue weighted by atomic mass is 10.00. The molecule has 5 nitrogen and oxygen atoms in total. The summed E-state index contributed by atoms with van der Waals surface area (Å²) < 4.78 is 5.80. The van der Waals surface area contributed by atoms with Gasteiger partial charge in [0.05, 0.1) is 0 Å². The molecule has 0 saturated heterocycles. The number of ketones is 4. The molecule has 37 heavy (non-hydrogen) atoms. The molecular formula is C32H26O5. The highest BCUT2D eigenvalue weighted by Crippen LogP contribution is 2.23. The number of carbonyl (C=O) groups excluding carboxylic acids is 4. The average molecular weight is 491 g/mol. The molecule has 0 saturated carbocycles. The number of Topliss-reactive ketones (excluding diaryl/α,β-unsaturated/α-hetero) is 4. The smallest absolute Gasteiger partial charge is 0.233 e.